The zero-order valence-corrected chi connectivity index (χ0v) is 18.0. The summed E-state index contributed by atoms with van der Waals surface area (Å²) in [5.41, 5.74) is 1.14. The average Bonchev–Trinajstić information content (AvgIpc) is 2.78. The van der Waals surface area contributed by atoms with E-state index in [-0.39, 0.29) is 17.7 Å². The molecule has 0 aliphatic carbocycles. The van der Waals surface area contributed by atoms with Crippen LogP contribution in [0.5, 0.6) is 11.5 Å². The van der Waals surface area contributed by atoms with E-state index in [1.54, 1.807) is 18.1 Å². The number of aromatic nitrogens is 2. The molecule has 7 heteroatoms. The summed E-state index contributed by atoms with van der Waals surface area (Å²) in [5, 5.41) is 14.7. The van der Waals surface area contributed by atoms with E-state index in [0.717, 1.165) is 17.3 Å². The molecule has 1 aromatic heterocycles. The SMILES string of the molecule is C=C/C=C(\C=C/C)C(c1cccc(OC)c1)C1CN(CC)C(=O)c2c(O)c(=O)cnn21. The summed E-state index contributed by atoms with van der Waals surface area (Å²) in [5.74, 6) is -0.533. The molecule has 1 aliphatic heterocycles. The number of hydrogen-bond donors (Lipinski definition) is 1. The number of fused-ring (bicyclic) bond motifs is 1. The molecule has 1 N–H and O–H groups in total. The predicted octanol–water partition coefficient (Wildman–Crippen LogP) is 3.45. The minimum atomic E-state index is -0.676. The van der Waals surface area contributed by atoms with Gasteiger partial charge >= 0.3 is 0 Å². The Hall–Kier alpha value is -3.61. The van der Waals surface area contributed by atoms with Crippen LogP contribution < -0.4 is 10.2 Å². The lowest BCUT2D eigenvalue weighted by Crippen LogP contribution is -2.47. The van der Waals surface area contributed by atoms with Gasteiger partial charge in [-0.15, -0.1) is 0 Å². The lowest BCUT2D eigenvalue weighted by atomic mass is 9.82. The number of ether oxygens (including phenoxy) is 1. The number of carbonyl (C=O) groups excluding carboxylic acids is 1. The molecule has 2 heterocycles. The fourth-order valence-electron chi connectivity index (χ4n) is 4.03. The van der Waals surface area contributed by atoms with E-state index in [2.05, 4.69) is 11.7 Å². The summed E-state index contributed by atoms with van der Waals surface area (Å²) in [7, 11) is 1.61. The van der Waals surface area contributed by atoms with Crippen molar-refractivity contribution in [3.8, 4) is 11.5 Å². The van der Waals surface area contributed by atoms with Crippen molar-refractivity contribution in [2.75, 3.05) is 20.2 Å². The van der Waals surface area contributed by atoms with Crippen molar-refractivity contribution in [1.82, 2.24) is 14.7 Å². The van der Waals surface area contributed by atoms with Gasteiger partial charge in [0.15, 0.2) is 11.4 Å². The average molecular weight is 421 g/mol. The molecular weight excluding hydrogens is 394 g/mol. The fraction of sp³-hybridized carbons (Fsp3) is 0.292. The summed E-state index contributed by atoms with van der Waals surface area (Å²) < 4.78 is 6.91. The van der Waals surface area contributed by atoms with Crippen molar-refractivity contribution in [3.63, 3.8) is 0 Å². The van der Waals surface area contributed by atoms with Gasteiger partial charge in [0.1, 0.15) is 5.75 Å². The number of hydrogen-bond acceptors (Lipinski definition) is 5. The molecule has 31 heavy (non-hydrogen) atoms. The number of likely N-dealkylation sites (N-methyl/N-ethyl adjacent to an activating group) is 1. The van der Waals surface area contributed by atoms with E-state index in [4.69, 9.17) is 4.74 Å². The molecule has 0 bridgehead atoms. The van der Waals surface area contributed by atoms with E-state index >= 15 is 0 Å². The quantitative estimate of drug-likeness (QED) is 0.692. The Balaban J connectivity index is 2.30. The second kappa shape index (κ2) is 9.47. The second-order valence-electron chi connectivity index (χ2n) is 7.22. The van der Waals surface area contributed by atoms with E-state index in [9.17, 15) is 14.7 Å². The Bertz CT molecular complexity index is 1100. The first-order valence-electron chi connectivity index (χ1n) is 10.2. The second-order valence-corrected chi connectivity index (χ2v) is 7.22. The van der Waals surface area contributed by atoms with Crippen LogP contribution in [0.3, 0.4) is 0 Å². The molecule has 1 aliphatic rings. The molecule has 2 unspecified atom stereocenters. The number of amides is 1. The third-order valence-electron chi connectivity index (χ3n) is 5.45. The predicted molar refractivity (Wildman–Crippen MR) is 120 cm³/mol. The zero-order chi connectivity index (χ0) is 22.5. The monoisotopic (exact) mass is 421 g/mol. The van der Waals surface area contributed by atoms with Crippen molar-refractivity contribution in [1.29, 1.82) is 0 Å². The normalized spacial score (nSPS) is 17.5. The topological polar surface area (TPSA) is 84.7 Å². The molecule has 7 nitrogen and oxygen atoms in total. The zero-order valence-electron chi connectivity index (χ0n) is 18.0. The van der Waals surface area contributed by atoms with Crippen LogP contribution in [-0.4, -0.2) is 45.9 Å². The van der Waals surface area contributed by atoms with Crippen LogP contribution in [-0.2, 0) is 0 Å². The van der Waals surface area contributed by atoms with E-state index in [0.29, 0.717) is 18.8 Å². The molecule has 0 fully saturated rings. The maximum atomic E-state index is 12.9. The first-order valence-corrected chi connectivity index (χ1v) is 10.2. The molecule has 1 amide bonds. The van der Waals surface area contributed by atoms with Crippen molar-refractivity contribution in [2.45, 2.75) is 25.8 Å². The molecule has 2 atom stereocenters. The van der Waals surface area contributed by atoms with Crippen LogP contribution in [0.4, 0.5) is 0 Å². The number of rotatable bonds is 7. The molecule has 0 radical (unpaired) electrons. The maximum Gasteiger partial charge on any atom is 0.276 e. The Morgan fingerprint density at radius 2 is 2.19 bits per heavy atom. The van der Waals surface area contributed by atoms with Gasteiger partial charge in [-0.3, -0.25) is 14.3 Å². The van der Waals surface area contributed by atoms with Crippen molar-refractivity contribution in [2.24, 2.45) is 0 Å². The van der Waals surface area contributed by atoms with Gasteiger partial charge in [0.05, 0.1) is 19.3 Å². The van der Waals surface area contributed by atoms with Gasteiger partial charge in [-0.1, -0.05) is 43.0 Å². The fourth-order valence-corrected chi connectivity index (χ4v) is 4.03. The number of allylic oxidation sites excluding steroid dienone is 5. The van der Waals surface area contributed by atoms with Crippen LogP contribution >= 0.6 is 0 Å². The Morgan fingerprint density at radius 1 is 1.42 bits per heavy atom. The van der Waals surface area contributed by atoms with Gasteiger partial charge in [-0.05, 0) is 37.1 Å². The largest absolute Gasteiger partial charge is 0.502 e. The van der Waals surface area contributed by atoms with Crippen LogP contribution in [0.25, 0.3) is 0 Å². The lowest BCUT2D eigenvalue weighted by Gasteiger charge is -2.39. The van der Waals surface area contributed by atoms with Crippen molar-refractivity contribution >= 4 is 5.91 Å². The van der Waals surface area contributed by atoms with Crippen LogP contribution in [0.15, 0.2) is 71.7 Å². The van der Waals surface area contributed by atoms with Gasteiger partial charge in [0, 0.05) is 19.0 Å². The van der Waals surface area contributed by atoms with Gasteiger partial charge in [-0.25, -0.2) is 0 Å². The number of nitrogens with zero attached hydrogens (tertiary/aromatic N) is 3. The summed E-state index contributed by atoms with van der Waals surface area (Å²) in [6.07, 6.45) is 8.60. The molecule has 2 aromatic rings. The molecule has 0 saturated heterocycles. The summed E-state index contributed by atoms with van der Waals surface area (Å²) in [6.45, 7) is 8.44. The highest BCUT2D eigenvalue weighted by atomic mass is 16.5. The van der Waals surface area contributed by atoms with E-state index < -0.39 is 17.1 Å². The highest BCUT2D eigenvalue weighted by Crippen LogP contribution is 2.40. The van der Waals surface area contributed by atoms with Gasteiger partial charge in [-0.2, -0.15) is 5.10 Å². The molecule has 0 saturated carbocycles. The first kappa shape index (κ1) is 22.1. The Morgan fingerprint density at radius 3 is 2.84 bits per heavy atom. The Labute approximate surface area is 181 Å². The number of carbonyl (C=O) groups is 1. The van der Waals surface area contributed by atoms with Crippen LogP contribution in [0.1, 0.15) is 41.9 Å². The highest BCUT2D eigenvalue weighted by Gasteiger charge is 2.39. The van der Waals surface area contributed by atoms with Crippen LogP contribution in [0, 0.1) is 0 Å². The van der Waals surface area contributed by atoms with Crippen LogP contribution in [0.2, 0.25) is 0 Å². The first-order chi connectivity index (χ1) is 15.0. The van der Waals surface area contributed by atoms with Gasteiger partial charge in [0.25, 0.3) is 5.91 Å². The summed E-state index contributed by atoms with van der Waals surface area (Å²) in [6, 6.07) is 7.34. The molecule has 162 valence electrons. The molecule has 0 spiro atoms. The minimum Gasteiger partial charge on any atom is -0.502 e. The number of aromatic hydroxyl groups is 1. The number of benzene rings is 1. The van der Waals surface area contributed by atoms with Gasteiger partial charge in [0.2, 0.25) is 5.43 Å². The molecule has 3 rings (SSSR count). The van der Waals surface area contributed by atoms with E-state index in [1.807, 2.05) is 56.3 Å². The number of methoxy groups -OCH3 is 1. The third-order valence-corrected chi connectivity index (χ3v) is 5.45. The maximum absolute atomic E-state index is 12.9. The third kappa shape index (κ3) is 4.17. The summed E-state index contributed by atoms with van der Waals surface area (Å²) >= 11 is 0. The smallest absolute Gasteiger partial charge is 0.276 e. The molecular formula is C24H27N3O4. The van der Waals surface area contributed by atoms with E-state index in [1.165, 1.54) is 4.68 Å². The highest BCUT2D eigenvalue weighted by molar-refractivity contribution is 5.95. The van der Waals surface area contributed by atoms with Crippen molar-refractivity contribution < 1.29 is 14.6 Å². The standard InChI is InChI=1S/C24H27N3O4/c1-5-9-16(10-6-2)21(17-11-8-12-18(13-17)31-4)19-15-26(7-3)24(30)22-23(29)20(28)14-25-27(19)22/h5-6,8-14,19,21,29H,1,7,15H2,2-4H3/b10-6-,16-9+. The Kier molecular flexibility index (Phi) is 6.74. The summed E-state index contributed by atoms with van der Waals surface area (Å²) in [4.78, 5) is 26.6. The molecule has 1 aromatic carbocycles. The minimum absolute atomic E-state index is 0.0862. The van der Waals surface area contributed by atoms with Gasteiger partial charge < -0.3 is 14.7 Å². The lowest BCUT2D eigenvalue weighted by molar-refractivity contribution is 0.0645. The van der Waals surface area contributed by atoms with Crippen molar-refractivity contribution in [3.05, 3.63) is 88.4 Å².